The molecule has 0 atom stereocenters. The number of nitro benzene ring substituents is 1. The lowest BCUT2D eigenvalue weighted by molar-refractivity contribution is -0.384. The maximum absolute atomic E-state index is 12.8. The highest BCUT2D eigenvalue weighted by atomic mass is 19.1. The first-order chi connectivity index (χ1) is 8.56. The van der Waals surface area contributed by atoms with Crippen LogP contribution in [0.3, 0.4) is 0 Å². The van der Waals surface area contributed by atoms with E-state index in [2.05, 4.69) is 9.97 Å². The number of hydrogen-bond donors (Lipinski definition) is 1. The van der Waals surface area contributed by atoms with E-state index >= 15 is 0 Å². The maximum Gasteiger partial charge on any atom is 0.324 e. The van der Waals surface area contributed by atoms with Gasteiger partial charge in [0.1, 0.15) is 5.75 Å². The van der Waals surface area contributed by atoms with Gasteiger partial charge in [0.15, 0.2) is 11.6 Å². The number of nitrogens with two attached hydrogens (primary N) is 1. The van der Waals surface area contributed by atoms with Gasteiger partial charge in [-0.3, -0.25) is 10.1 Å². The number of benzene rings is 1. The van der Waals surface area contributed by atoms with Crippen molar-refractivity contribution in [1.29, 1.82) is 0 Å². The van der Waals surface area contributed by atoms with Crippen LogP contribution in [-0.2, 0) is 0 Å². The molecule has 18 heavy (non-hydrogen) atoms. The molecule has 7 nitrogen and oxygen atoms in total. The number of non-ortho nitro benzene ring substituents is 1. The van der Waals surface area contributed by atoms with Crippen molar-refractivity contribution in [3.63, 3.8) is 0 Å². The Morgan fingerprint density at radius 3 is 2.89 bits per heavy atom. The van der Waals surface area contributed by atoms with Gasteiger partial charge in [-0.15, -0.1) is 0 Å². The number of nitrogen functional groups attached to an aromatic ring is 1. The lowest BCUT2D eigenvalue weighted by Crippen LogP contribution is -1.99. The van der Waals surface area contributed by atoms with Gasteiger partial charge in [0.2, 0.25) is 0 Å². The molecule has 0 unspecified atom stereocenters. The van der Waals surface area contributed by atoms with Crippen LogP contribution >= 0.6 is 0 Å². The predicted molar refractivity (Wildman–Crippen MR) is 59.6 cm³/mol. The molecule has 0 bridgehead atoms. The van der Waals surface area contributed by atoms with Crippen LogP contribution in [-0.4, -0.2) is 14.9 Å². The summed E-state index contributed by atoms with van der Waals surface area (Å²) in [6, 6.07) is 5.25. The van der Waals surface area contributed by atoms with Gasteiger partial charge in [-0.2, -0.15) is 4.98 Å². The third-order valence-corrected chi connectivity index (χ3v) is 1.99. The second kappa shape index (κ2) is 4.62. The number of rotatable bonds is 3. The molecule has 0 aliphatic rings. The van der Waals surface area contributed by atoms with Gasteiger partial charge in [-0.25, -0.2) is 9.37 Å². The Morgan fingerprint density at radius 1 is 1.44 bits per heavy atom. The molecule has 0 aliphatic carbocycles. The highest BCUT2D eigenvalue weighted by molar-refractivity contribution is 5.39. The number of halogens is 1. The number of nitrogens with zero attached hydrogens (tertiary/aromatic N) is 3. The second-order valence-electron chi connectivity index (χ2n) is 3.24. The molecule has 8 heteroatoms. The van der Waals surface area contributed by atoms with Gasteiger partial charge in [-0.05, 0) is 6.07 Å². The smallest absolute Gasteiger partial charge is 0.324 e. The van der Waals surface area contributed by atoms with Crippen LogP contribution in [0.15, 0.2) is 30.5 Å². The summed E-state index contributed by atoms with van der Waals surface area (Å²) in [6.45, 7) is 0. The molecule has 2 aromatic rings. The van der Waals surface area contributed by atoms with Gasteiger partial charge >= 0.3 is 6.01 Å². The molecule has 2 rings (SSSR count). The van der Waals surface area contributed by atoms with Crippen molar-refractivity contribution in [2.24, 2.45) is 0 Å². The fourth-order valence-electron chi connectivity index (χ4n) is 1.18. The molecule has 2 N–H and O–H groups in total. The molecule has 1 aromatic heterocycles. The second-order valence-corrected chi connectivity index (χ2v) is 3.24. The van der Waals surface area contributed by atoms with Crippen LogP contribution in [0.4, 0.5) is 15.9 Å². The van der Waals surface area contributed by atoms with E-state index < -0.39 is 10.7 Å². The zero-order valence-electron chi connectivity index (χ0n) is 8.91. The predicted octanol–water partition coefficient (Wildman–Crippen LogP) is 1.90. The van der Waals surface area contributed by atoms with Crippen molar-refractivity contribution in [2.45, 2.75) is 0 Å². The third kappa shape index (κ3) is 2.48. The minimum atomic E-state index is -0.763. The Hall–Kier alpha value is -2.77. The summed E-state index contributed by atoms with van der Waals surface area (Å²) in [7, 11) is 0. The molecule has 0 aliphatic heterocycles. The molecule has 0 amide bonds. The van der Waals surface area contributed by atoms with Crippen molar-refractivity contribution in [3.05, 3.63) is 46.4 Å². The summed E-state index contributed by atoms with van der Waals surface area (Å²) in [6.07, 6.45) is 0.856. The molecule has 92 valence electrons. The van der Waals surface area contributed by atoms with Crippen LogP contribution in [0.25, 0.3) is 0 Å². The summed E-state index contributed by atoms with van der Waals surface area (Å²) < 4.78 is 17.9. The summed E-state index contributed by atoms with van der Waals surface area (Å²) >= 11 is 0. The normalized spacial score (nSPS) is 10.1. The molecule has 0 radical (unpaired) electrons. The van der Waals surface area contributed by atoms with Crippen LogP contribution < -0.4 is 10.5 Å². The van der Waals surface area contributed by atoms with Crippen LogP contribution in [0.1, 0.15) is 0 Å². The van der Waals surface area contributed by atoms with Gasteiger partial charge in [-0.1, -0.05) is 6.07 Å². The topological polar surface area (TPSA) is 104 Å². The minimum Gasteiger partial charge on any atom is -0.424 e. The van der Waals surface area contributed by atoms with Crippen molar-refractivity contribution < 1.29 is 14.1 Å². The highest BCUT2D eigenvalue weighted by Crippen LogP contribution is 2.23. The average Bonchev–Trinajstić information content (AvgIpc) is 2.34. The Morgan fingerprint density at radius 2 is 2.22 bits per heavy atom. The number of anilines is 1. The van der Waals surface area contributed by atoms with E-state index in [4.69, 9.17) is 10.5 Å². The quantitative estimate of drug-likeness (QED) is 0.658. The molecule has 0 spiro atoms. The first-order valence-corrected chi connectivity index (χ1v) is 4.76. The van der Waals surface area contributed by atoms with E-state index in [0.29, 0.717) is 0 Å². The van der Waals surface area contributed by atoms with Gasteiger partial charge < -0.3 is 10.5 Å². The Balaban J connectivity index is 2.25. The van der Waals surface area contributed by atoms with Crippen LogP contribution in [0, 0.1) is 15.9 Å². The van der Waals surface area contributed by atoms with E-state index in [1.54, 1.807) is 0 Å². The number of aromatic nitrogens is 2. The summed E-state index contributed by atoms with van der Waals surface area (Å²) in [5.41, 5.74) is 5.10. The first-order valence-electron chi connectivity index (χ1n) is 4.76. The summed E-state index contributed by atoms with van der Waals surface area (Å²) in [4.78, 5) is 17.1. The fraction of sp³-hybridized carbons (Fsp3) is 0. The van der Waals surface area contributed by atoms with Crippen LogP contribution in [0.2, 0.25) is 0 Å². The Bertz CT molecular complexity index is 605. The third-order valence-electron chi connectivity index (χ3n) is 1.99. The highest BCUT2D eigenvalue weighted by Gasteiger charge is 2.09. The molecule has 1 aromatic carbocycles. The largest absolute Gasteiger partial charge is 0.424 e. The standard InChI is InChI=1S/C10H7FN4O3/c11-8-5-13-10(14-9(8)12)18-7-3-1-2-6(4-7)15(16)17/h1-5H,(H2,12,13,14). The minimum absolute atomic E-state index is 0.136. The van der Waals surface area contributed by atoms with E-state index in [-0.39, 0.29) is 23.3 Å². The molecule has 0 saturated heterocycles. The van der Waals surface area contributed by atoms with Gasteiger partial charge in [0.25, 0.3) is 5.69 Å². The molecule has 0 saturated carbocycles. The molecular weight excluding hydrogens is 243 g/mol. The van der Waals surface area contributed by atoms with Gasteiger partial charge in [0.05, 0.1) is 17.2 Å². The summed E-state index contributed by atoms with van der Waals surface area (Å²) in [5, 5.41) is 10.6. The van der Waals surface area contributed by atoms with Crippen molar-refractivity contribution in [3.8, 4) is 11.8 Å². The van der Waals surface area contributed by atoms with Gasteiger partial charge in [0, 0.05) is 6.07 Å². The number of ether oxygens (including phenoxy) is 1. The average molecular weight is 250 g/mol. The van der Waals surface area contributed by atoms with Crippen LogP contribution in [0.5, 0.6) is 11.8 Å². The Kier molecular flexibility index (Phi) is 3.00. The number of hydrogen-bond acceptors (Lipinski definition) is 6. The zero-order valence-corrected chi connectivity index (χ0v) is 8.91. The number of nitro groups is 1. The van der Waals surface area contributed by atoms with E-state index in [0.717, 1.165) is 6.20 Å². The van der Waals surface area contributed by atoms with E-state index in [1.807, 2.05) is 0 Å². The monoisotopic (exact) mass is 250 g/mol. The van der Waals surface area contributed by atoms with E-state index in [1.165, 1.54) is 24.3 Å². The Labute approximate surface area is 100 Å². The fourth-order valence-corrected chi connectivity index (χ4v) is 1.18. The summed E-state index contributed by atoms with van der Waals surface area (Å²) in [5.74, 6) is -0.956. The lowest BCUT2D eigenvalue weighted by atomic mass is 10.3. The van der Waals surface area contributed by atoms with E-state index in [9.17, 15) is 14.5 Å². The molecule has 0 fully saturated rings. The van der Waals surface area contributed by atoms with Crippen molar-refractivity contribution in [1.82, 2.24) is 9.97 Å². The molecular formula is C10H7FN4O3. The van der Waals surface area contributed by atoms with Crippen molar-refractivity contribution >= 4 is 11.5 Å². The maximum atomic E-state index is 12.8. The molecule has 1 heterocycles. The SMILES string of the molecule is Nc1nc(Oc2cccc([N+](=O)[O-])c2)ncc1F. The first kappa shape index (κ1) is 11.7. The van der Waals surface area contributed by atoms with Crippen molar-refractivity contribution in [2.75, 3.05) is 5.73 Å². The lowest BCUT2D eigenvalue weighted by Gasteiger charge is -2.03. The zero-order chi connectivity index (χ0) is 13.1.